The number of Topliss-reactive ketones (excluding diaryl/α,β-unsaturated/α-hetero) is 1. The van der Waals surface area contributed by atoms with Crippen LogP contribution in [-0.4, -0.2) is 30.3 Å². The molecule has 0 amide bonds. The predicted molar refractivity (Wildman–Crippen MR) is 36.7 cm³/mol. The second kappa shape index (κ2) is 2.66. The fourth-order valence-electron chi connectivity index (χ4n) is 1.76. The number of carbonyl (C=O) groups is 1. The lowest BCUT2D eigenvalue weighted by atomic mass is 9.87. The summed E-state index contributed by atoms with van der Waals surface area (Å²) in [6, 6.07) is 0. The van der Waals surface area contributed by atoms with E-state index >= 15 is 0 Å². The highest BCUT2D eigenvalue weighted by Crippen LogP contribution is 2.23. The molecule has 3 aliphatic rings. The number of hydrogen-bond acceptors (Lipinski definition) is 2. The van der Waals surface area contributed by atoms with Gasteiger partial charge in [-0.25, -0.2) is 0 Å². The van der Waals surface area contributed by atoms with Crippen LogP contribution in [0.4, 0.5) is 4.70 Å². The average Bonchev–Trinajstić information content (AvgIpc) is 1.90. The third-order valence-electron chi connectivity index (χ3n) is 2.42. The topological polar surface area (TPSA) is 20.3 Å². The molecule has 3 fully saturated rings. The number of piperidine rings is 3. The Morgan fingerprint density at radius 2 is 1.90 bits per heavy atom. The molecule has 0 atom stereocenters. The van der Waals surface area contributed by atoms with Gasteiger partial charge in [-0.15, -0.1) is 0 Å². The van der Waals surface area contributed by atoms with Gasteiger partial charge in [0.25, 0.3) is 0 Å². The van der Waals surface area contributed by atoms with Crippen LogP contribution < -0.4 is 0 Å². The van der Waals surface area contributed by atoms with Gasteiger partial charge in [-0.2, -0.15) is 0 Å². The molecule has 3 rings (SSSR count). The van der Waals surface area contributed by atoms with Crippen LogP contribution in [0.3, 0.4) is 0 Å². The van der Waals surface area contributed by atoms with Crippen LogP contribution in [0.1, 0.15) is 12.8 Å². The zero-order valence-electron chi connectivity index (χ0n) is 5.88. The van der Waals surface area contributed by atoms with Crippen LogP contribution in [0.5, 0.6) is 0 Å². The molecule has 0 aromatic carbocycles. The summed E-state index contributed by atoms with van der Waals surface area (Å²) in [5.74, 6) is 0.919. The standard InChI is InChI=1S/C7H11NO.FH/c9-7-5-8-3-1-6(7)2-4-8;/h6H,1-5H2;1H. The van der Waals surface area contributed by atoms with E-state index in [9.17, 15) is 4.79 Å². The second-order valence-corrected chi connectivity index (χ2v) is 3.02. The Labute approximate surface area is 59.6 Å². The number of nitrogens with zero attached hydrogens (tertiary/aromatic N) is 1. The van der Waals surface area contributed by atoms with E-state index in [2.05, 4.69) is 4.90 Å². The van der Waals surface area contributed by atoms with E-state index in [4.69, 9.17) is 0 Å². The molecule has 3 saturated heterocycles. The Morgan fingerprint density at radius 3 is 2.10 bits per heavy atom. The van der Waals surface area contributed by atoms with Gasteiger partial charge in [0.05, 0.1) is 6.54 Å². The Balaban J connectivity index is 0.000000500. The van der Waals surface area contributed by atoms with Crippen molar-refractivity contribution in [2.45, 2.75) is 12.8 Å². The molecule has 0 aromatic rings. The first-order chi connectivity index (χ1) is 4.36. The number of fused-ring (bicyclic) bond motifs is 3. The van der Waals surface area contributed by atoms with Crippen molar-refractivity contribution in [2.75, 3.05) is 19.6 Å². The predicted octanol–water partition coefficient (Wildman–Crippen LogP) is 0.434. The highest BCUT2D eigenvalue weighted by Gasteiger charge is 2.31. The van der Waals surface area contributed by atoms with Gasteiger partial charge in [0.1, 0.15) is 5.78 Å². The quantitative estimate of drug-likeness (QED) is 0.492. The molecule has 2 bridgehead atoms. The first-order valence-corrected chi connectivity index (χ1v) is 3.61. The summed E-state index contributed by atoms with van der Waals surface area (Å²) in [6.07, 6.45) is 2.25. The summed E-state index contributed by atoms with van der Waals surface area (Å²) in [5, 5.41) is 0. The minimum absolute atomic E-state index is 0. The van der Waals surface area contributed by atoms with E-state index in [0.29, 0.717) is 11.7 Å². The molecule has 3 heteroatoms. The van der Waals surface area contributed by atoms with Gasteiger partial charge >= 0.3 is 0 Å². The Kier molecular flexibility index (Phi) is 2.04. The first kappa shape index (κ1) is 7.66. The summed E-state index contributed by atoms with van der Waals surface area (Å²) in [4.78, 5) is 13.3. The van der Waals surface area contributed by atoms with Crippen molar-refractivity contribution < 1.29 is 9.50 Å². The molecular weight excluding hydrogens is 133 g/mol. The molecule has 0 aliphatic carbocycles. The van der Waals surface area contributed by atoms with Crippen LogP contribution >= 0.6 is 0 Å². The van der Waals surface area contributed by atoms with Gasteiger partial charge in [0, 0.05) is 5.92 Å². The highest BCUT2D eigenvalue weighted by molar-refractivity contribution is 5.84. The normalized spacial score (nSPS) is 37.4. The van der Waals surface area contributed by atoms with Crippen LogP contribution in [0.2, 0.25) is 0 Å². The van der Waals surface area contributed by atoms with Gasteiger partial charge in [-0.3, -0.25) is 14.4 Å². The third kappa shape index (κ3) is 1.06. The smallest absolute Gasteiger partial charge is 0.149 e. The Morgan fingerprint density at radius 1 is 1.30 bits per heavy atom. The molecule has 0 unspecified atom stereocenters. The maximum atomic E-state index is 11.0. The largest absolute Gasteiger partial charge is 0.298 e. The van der Waals surface area contributed by atoms with Crippen LogP contribution in [0.25, 0.3) is 0 Å². The van der Waals surface area contributed by atoms with Crippen LogP contribution in [0, 0.1) is 5.92 Å². The fourth-order valence-corrected chi connectivity index (χ4v) is 1.76. The lowest BCUT2D eigenvalue weighted by Crippen LogP contribution is -2.47. The molecule has 0 saturated carbocycles. The summed E-state index contributed by atoms with van der Waals surface area (Å²) in [5.41, 5.74) is 0. The van der Waals surface area contributed by atoms with E-state index in [1.54, 1.807) is 0 Å². The molecule has 58 valence electrons. The zero-order valence-corrected chi connectivity index (χ0v) is 5.88. The van der Waals surface area contributed by atoms with E-state index in [1.165, 1.54) is 0 Å². The zero-order chi connectivity index (χ0) is 6.27. The molecule has 3 aliphatic heterocycles. The number of hydrogen-bond donors (Lipinski definition) is 0. The molecule has 0 radical (unpaired) electrons. The molecular formula is C7H12FNO. The minimum atomic E-state index is 0. The number of carbonyl (C=O) groups excluding carboxylic acids is 1. The maximum Gasteiger partial charge on any atom is 0.149 e. The summed E-state index contributed by atoms with van der Waals surface area (Å²) >= 11 is 0. The molecule has 0 spiro atoms. The van der Waals surface area contributed by atoms with Crippen molar-refractivity contribution in [3.8, 4) is 0 Å². The molecule has 10 heavy (non-hydrogen) atoms. The van der Waals surface area contributed by atoms with Crippen molar-refractivity contribution in [3.63, 3.8) is 0 Å². The van der Waals surface area contributed by atoms with E-state index < -0.39 is 0 Å². The van der Waals surface area contributed by atoms with Crippen molar-refractivity contribution >= 4 is 5.78 Å². The van der Waals surface area contributed by atoms with Gasteiger partial charge < -0.3 is 0 Å². The van der Waals surface area contributed by atoms with E-state index in [-0.39, 0.29) is 4.70 Å². The van der Waals surface area contributed by atoms with Gasteiger partial charge in [0.2, 0.25) is 0 Å². The average molecular weight is 145 g/mol. The van der Waals surface area contributed by atoms with Crippen molar-refractivity contribution in [3.05, 3.63) is 0 Å². The van der Waals surface area contributed by atoms with Gasteiger partial charge in [-0.1, -0.05) is 0 Å². The number of halogens is 1. The number of rotatable bonds is 0. The monoisotopic (exact) mass is 145 g/mol. The second-order valence-electron chi connectivity index (χ2n) is 3.02. The minimum Gasteiger partial charge on any atom is -0.298 e. The molecule has 0 aromatic heterocycles. The van der Waals surface area contributed by atoms with Crippen LogP contribution in [-0.2, 0) is 4.79 Å². The van der Waals surface area contributed by atoms with Crippen molar-refractivity contribution in [1.82, 2.24) is 4.90 Å². The lowest BCUT2D eigenvalue weighted by molar-refractivity contribution is -0.130. The molecule has 2 nitrogen and oxygen atoms in total. The summed E-state index contributed by atoms with van der Waals surface area (Å²) < 4.78 is 0. The maximum absolute atomic E-state index is 11.0. The lowest BCUT2D eigenvalue weighted by Gasteiger charge is -2.37. The Hall–Kier alpha value is -0.440. The summed E-state index contributed by atoms with van der Waals surface area (Å²) in [7, 11) is 0. The third-order valence-corrected chi connectivity index (χ3v) is 2.42. The highest BCUT2D eigenvalue weighted by atomic mass is 19.0. The summed E-state index contributed by atoms with van der Waals surface area (Å²) in [6.45, 7) is 3.07. The van der Waals surface area contributed by atoms with E-state index in [0.717, 1.165) is 32.5 Å². The Bertz CT molecular complexity index is 141. The van der Waals surface area contributed by atoms with Crippen LogP contribution in [0.15, 0.2) is 0 Å². The first-order valence-electron chi connectivity index (χ1n) is 3.61. The fraction of sp³-hybridized carbons (Fsp3) is 0.857. The molecule has 3 heterocycles. The van der Waals surface area contributed by atoms with E-state index in [1.807, 2.05) is 0 Å². The van der Waals surface area contributed by atoms with Gasteiger partial charge in [0.15, 0.2) is 0 Å². The van der Waals surface area contributed by atoms with Gasteiger partial charge in [-0.05, 0) is 25.9 Å². The SMILES string of the molecule is F.O=C1CN2CCC1CC2. The van der Waals surface area contributed by atoms with Crippen molar-refractivity contribution in [1.29, 1.82) is 0 Å². The molecule has 0 N–H and O–H groups in total. The number of ketones is 1. The van der Waals surface area contributed by atoms with Crippen molar-refractivity contribution in [2.24, 2.45) is 5.92 Å².